The van der Waals surface area contributed by atoms with Crippen molar-refractivity contribution >= 4 is 5.97 Å². The molecule has 0 N–H and O–H groups in total. The molecule has 1 aromatic carbocycles. The van der Waals surface area contributed by atoms with E-state index in [9.17, 15) is 4.79 Å². The third-order valence-corrected chi connectivity index (χ3v) is 3.18. The maximum Gasteiger partial charge on any atom is 0.338 e. The molecule has 0 aliphatic heterocycles. The van der Waals surface area contributed by atoms with Crippen molar-refractivity contribution in [2.45, 2.75) is 45.6 Å². The predicted molar refractivity (Wildman–Crippen MR) is 74.4 cm³/mol. The van der Waals surface area contributed by atoms with Crippen molar-refractivity contribution in [2.75, 3.05) is 6.61 Å². The quantitative estimate of drug-likeness (QED) is 0.774. The van der Waals surface area contributed by atoms with Gasteiger partial charge in [-0.1, -0.05) is 12.5 Å². The van der Waals surface area contributed by atoms with E-state index in [2.05, 4.69) is 0 Å². The van der Waals surface area contributed by atoms with Crippen molar-refractivity contribution in [2.24, 2.45) is 5.92 Å². The Labute approximate surface area is 114 Å². The summed E-state index contributed by atoms with van der Waals surface area (Å²) in [5.41, 5.74) is 0.0703. The number of benzene rings is 1. The molecule has 0 saturated heterocycles. The number of ether oxygens (including phenoxy) is 2. The lowest BCUT2D eigenvalue weighted by Crippen LogP contribution is -2.24. The van der Waals surface area contributed by atoms with Gasteiger partial charge in [0.2, 0.25) is 0 Å². The van der Waals surface area contributed by atoms with E-state index in [1.165, 1.54) is 19.3 Å². The Morgan fingerprint density at radius 1 is 1.32 bits per heavy atom. The summed E-state index contributed by atoms with van der Waals surface area (Å²) in [6.07, 6.45) is 3.82. The lowest BCUT2D eigenvalue weighted by Gasteiger charge is -2.25. The molecule has 1 aromatic rings. The third-order valence-electron chi connectivity index (χ3n) is 3.18. The average molecular weight is 262 g/mol. The van der Waals surface area contributed by atoms with Crippen molar-refractivity contribution in [1.29, 1.82) is 0 Å². The standard InChI is InChI=1S/C16H22O3/c1-16(2,3)19-15(17)13-8-5-9-14(10-13)18-11-12-6-4-7-12/h5,8-10,12H,4,6-7,11H2,1-3H3. The van der Waals surface area contributed by atoms with E-state index in [4.69, 9.17) is 9.47 Å². The van der Waals surface area contributed by atoms with Gasteiger partial charge in [-0.05, 0) is 57.7 Å². The van der Waals surface area contributed by atoms with E-state index in [-0.39, 0.29) is 5.97 Å². The summed E-state index contributed by atoms with van der Waals surface area (Å²) >= 11 is 0. The first-order chi connectivity index (χ1) is 8.94. The summed E-state index contributed by atoms with van der Waals surface area (Å²) in [6.45, 7) is 6.34. The van der Waals surface area contributed by atoms with Crippen molar-refractivity contribution in [3.05, 3.63) is 29.8 Å². The van der Waals surface area contributed by atoms with E-state index >= 15 is 0 Å². The highest BCUT2D eigenvalue weighted by Gasteiger charge is 2.19. The molecule has 1 saturated carbocycles. The second-order valence-electron chi connectivity index (χ2n) is 6.14. The summed E-state index contributed by atoms with van der Waals surface area (Å²) in [5.74, 6) is 1.13. The van der Waals surface area contributed by atoms with E-state index in [0.717, 1.165) is 12.4 Å². The van der Waals surface area contributed by atoms with Crippen LogP contribution in [0.3, 0.4) is 0 Å². The summed E-state index contributed by atoms with van der Waals surface area (Å²) in [6, 6.07) is 7.22. The van der Waals surface area contributed by atoms with Crippen molar-refractivity contribution < 1.29 is 14.3 Å². The van der Waals surface area contributed by atoms with Gasteiger partial charge in [-0.15, -0.1) is 0 Å². The van der Waals surface area contributed by atoms with Crippen LogP contribution in [0.25, 0.3) is 0 Å². The van der Waals surface area contributed by atoms with Crippen molar-refractivity contribution in [1.82, 2.24) is 0 Å². The number of rotatable bonds is 4. The molecule has 3 nitrogen and oxygen atoms in total. The molecule has 0 aromatic heterocycles. The molecule has 19 heavy (non-hydrogen) atoms. The highest BCUT2D eigenvalue weighted by Crippen LogP contribution is 2.27. The smallest absolute Gasteiger partial charge is 0.338 e. The van der Waals surface area contributed by atoms with Crippen LogP contribution in [0, 0.1) is 5.92 Å². The Morgan fingerprint density at radius 2 is 2.05 bits per heavy atom. The Balaban J connectivity index is 1.95. The molecule has 0 amide bonds. The summed E-state index contributed by atoms with van der Waals surface area (Å²) in [5, 5.41) is 0. The Bertz CT molecular complexity index is 442. The Kier molecular flexibility index (Phi) is 4.13. The molecular formula is C16H22O3. The monoisotopic (exact) mass is 262 g/mol. The zero-order chi connectivity index (χ0) is 13.9. The van der Waals surface area contributed by atoms with Crippen LogP contribution in [-0.4, -0.2) is 18.2 Å². The number of carbonyl (C=O) groups is 1. The van der Waals surface area contributed by atoms with Crippen molar-refractivity contribution in [3.63, 3.8) is 0 Å². The van der Waals surface area contributed by atoms with Gasteiger partial charge < -0.3 is 9.47 Å². The molecule has 1 aliphatic rings. The van der Waals surface area contributed by atoms with Gasteiger partial charge >= 0.3 is 5.97 Å². The molecule has 0 radical (unpaired) electrons. The molecule has 2 rings (SSSR count). The van der Waals surface area contributed by atoms with Gasteiger partial charge in [-0.25, -0.2) is 4.79 Å². The lowest BCUT2D eigenvalue weighted by molar-refractivity contribution is 0.00690. The largest absolute Gasteiger partial charge is 0.493 e. The fourth-order valence-corrected chi connectivity index (χ4v) is 1.92. The van der Waals surface area contributed by atoms with Crippen molar-refractivity contribution in [3.8, 4) is 5.75 Å². The summed E-state index contributed by atoms with van der Waals surface area (Å²) < 4.78 is 11.1. The molecule has 0 atom stereocenters. The minimum absolute atomic E-state index is 0.304. The van der Waals surface area contributed by atoms with Gasteiger partial charge in [0.05, 0.1) is 12.2 Å². The number of carbonyl (C=O) groups excluding carboxylic acids is 1. The van der Waals surface area contributed by atoms with Gasteiger partial charge in [0.15, 0.2) is 0 Å². The molecule has 0 heterocycles. The van der Waals surface area contributed by atoms with Gasteiger partial charge in [-0.2, -0.15) is 0 Å². The molecule has 1 aliphatic carbocycles. The highest BCUT2D eigenvalue weighted by molar-refractivity contribution is 5.90. The Hall–Kier alpha value is -1.51. The fraction of sp³-hybridized carbons (Fsp3) is 0.562. The maximum absolute atomic E-state index is 11.9. The first-order valence-electron chi connectivity index (χ1n) is 6.90. The first kappa shape index (κ1) is 13.9. The predicted octanol–water partition coefficient (Wildman–Crippen LogP) is 3.82. The van der Waals surface area contributed by atoms with Crippen LogP contribution < -0.4 is 4.74 Å². The minimum atomic E-state index is -0.472. The van der Waals surface area contributed by atoms with Crippen LogP contribution in [0.4, 0.5) is 0 Å². The van der Waals surface area contributed by atoms with Gasteiger partial charge in [0.25, 0.3) is 0 Å². The number of hydrogen-bond donors (Lipinski definition) is 0. The SMILES string of the molecule is CC(C)(C)OC(=O)c1cccc(OCC2CCC2)c1. The zero-order valence-electron chi connectivity index (χ0n) is 11.9. The molecule has 0 unspecified atom stereocenters. The topological polar surface area (TPSA) is 35.5 Å². The summed E-state index contributed by atoms with van der Waals surface area (Å²) in [7, 11) is 0. The highest BCUT2D eigenvalue weighted by atomic mass is 16.6. The van der Waals surface area contributed by atoms with Crippen LogP contribution >= 0.6 is 0 Å². The van der Waals surface area contributed by atoms with Crippen LogP contribution in [0.5, 0.6) is 5.75 Å². The maximum atomic E-state index is 11.9. The normalized spacial score (nSPS) is 15.7. The van der Waals surface area contributed by atoms with Crippen LogP contribution in [-0.2, 0) is 4.74 Å². The lowest BCUT2D eigenvalue weighted by atomic mass is 9.86. The van der Waals surface area contributed by atoms with E-state index in [0.29, 0.717) is 11.5 Å². The van der Waals surface area contributed by atoms with Gasteiger partial charge in [0.1, 0.15) is 11.4 Å². The molecule has 0 spiro atoms. The van der Waals surface area contributed by atoms with Crippen LogP contribution in [0.2, 0.25) is 0 Å². The zero-order valence-corrected chi connectivity index (χ0v) is 11.9. The Morgan fingerprint density at radius 3 is 2.63 bits per heavy atom. The second kappa shape index (κ2) is 5.64. The van der Waals surface area contributed by atoms with Crippen LogP contribution in [0.1, 0.15) is 50.4 Å². The minimum Gasteiger partial charge on any atom is -0.493 e. The molecule has 0 bridgehead atoms. The molecule has 104 valence electrons. The summed E-state index contributed by atoms with van der Waals surface area (Å²) in [4.78, 5) is 11.9. The van der Waals surface area contributed by atoms with E-state index in [1.54, 1.807) is 12.1 Å². The number of esters is 1. The van der Waals surface area contributed by atoms with E-state index in [1.807, 2.05) is 32.9 Å². The van der Waals surface area contributed by atoms with Gasteiger partial charge in [-0.3, -0.25) is 0 Å². The molecular weight excluding hydrogens is 240 g/mol. The second-order valence-corrected chi connectivity index (χ2v) is 6.14. The van der Waals surface area contributed by atoms with Gasteiger partial charge in [0, 0.05) is 0 Å². The first-order valence-corrected chi connectivity index (χ1v) is 6.90. The molecule has 1 fully saturated rings. The third kappa shape index (κ3) is 4.27. The molecule has 3 heteroatoms. The number of hydrogen-bond acceptors (Lipinski definition) is 3. The fourth-order valence-electron chi connectivity index (χ4n) is 1.92. The van der Waals surface area contributed by atoms with Crippen LogP contribution in [0.15, 0.2) is 24.3 Å². The average Bonchev–Trinajstić information content (AvgIpc) is 2.25. The van der Waals surface area contributed by atoms with E-state index < -0.39 is 5.60 Å².